The van der Waals surface area contributed by atoms with Gasteiger partial charge in [-0.05, 0) is 39.7 Å². The van der Waals surface area contributed by atoms with Crippen LogP contribution in [0.3, 0.4) is 0 Å². The largest absolute Gasteiger partial charge is 0.291 e. The molecule has 0 bridgehead atoms. The lowest BCUT2D eigenvalue weighted by Crippen LogP contribution is -2.50. The molecule has 0 spiro atoms. The molecule has 0 unspecified atom stereocenters. The van der Waals surface area contributed by atoms with Crippen molar-refractivity contribution >= 4 is 5.69 Å². The van der Waals surface area contributed by atoms with Crippen LogP contribution >= 0.6 is 0 Å². The number of hydrogen-bond acceptors (Lipinski definition) is 0. The van der Waals surface area contributed by atoms with Crippen molar-refractivity contribution in [1.29, 1.82) is 0 Å². The molecule has 1 aromatic rings. The van der Waals surface area contributed by atoms with Gasteiger partial charge in [-0.3, -0.25) is 4.48 Å². The van der Waals surface area contributed by atoms with Gasteiger partial charge in [0.05, 0.1) is 19.6 Å². The number of quaternary nitrogens is 1. The third-order valence-corrected chi connectivity index (χ3v) is 5.28. The number of aryl methyl sites for hydroxylation is 1. The van der Waals surface area contributed by atoms with Crippen molar-refractivity contribution in [1.82, 2.24) is 4.48 Å². The molecule has 1 heteroatoms. The van der Waals surface area contributed by atoms with Crippen LogP contribution in [0.5, 0.6) is 0 Å². The minimum Gasteiger partial charge on any atom is -0.291 e. The summed E-state index contributed by atoms with van der Waals surface area (Å²) in [6, 6.07) is 8.97. The average molecular weight is 305 g/mol. The molecule has 1 rings (SSSR count). The summed E-state index contributed by atoms with van der Waals surface area (Å²) in [4.78, 5) is 0. The predicted molar refractivity (Wildman–Crippen MR) is 102 cm³/mol. The molecule has 0 aliphatic heterocycles. The quantitative estimate of drug-likeness (QED) is 0.306. The minimum atomic E-state index is 1.16. The highest BCUT2D eigenvalue weighted by molar-refractivity contribution is 5.49. The van der Waals surface area contributed by atoms with Crippen molar-refractivity contribution in [2.45, 2.75) is 79.1 Å². The molecule has 0 saturated carbocycles. The standard InChI is InChI=1S/C21H38N/c1-5-8-9-10-11-12-13-16-19-22(6-2,7-3)21-18-15-14-17-20(21)4/h14-15,17-18H,5-13,16,19H2,1-4H3/q+1. The molecule has 22 heavy (non-hydrogen) atoms. The summed E-state index contributed by atoms with van der Waals surface area (Å²) >= 11 is 0. The molecule has 0 heterocycles. The van der Waals surface area contributed by atoms with Gasteiger partial charge >= 0.3 is 0 Å². The number of nitrogens with zero attached hydrogens (tertiary/aromatic N) is 1. The first-order valence-electron chi connectivity index (χ1n) is 9.62. The Morgan fingerprint density at radius 1 is 0.727 bits per heavy atom. The van der Waals surface area contributed by atoms with E-state index in [1.165, 1.54) is 82.3 Å². The van der Waals surface area contributed by atoms with Crippen LogP contribution in [-0.2, 0) is 0 Å². The molecule has 0 aromatic heterocycles. The van der Waals surface area contributed by atoms with E-state index in [0.29, 0.717) is 0 Å². The van der Waals surface area contributed by atoms with Crippen LogP contribution in [0.2, 0.25) is 0 Å². The van der Waals surface area contributed by atoms with Gasteiger partial charge in [0.15, 0.2) is 0 Å². The molecule has 0 N–H and O–H groups in total. The summed E-state index contributed by atoms with van der Waals surface area (Å²) in [5, 5.41) is 0. The van der Waals surface area contributed by atoms with Crippen LogP contribution in [0.1, 0.15) is 77.7 Å². The Bertz CT molecular complexity index is 393. The van der Waals surface area contributed by atoms with Crippen LogP contribution < -0.4 is 4.48 Å². The van der Waals surface area contributed by atoms with Gasteiger partial charge in [-0.1, -0.05) is 63.6 Å². The zero-order valence-electron chi connectivity index (χ0n) is 15.5. The zero-order chi connectivity index (χ0) is 16.3. The van der Waals surface area contributed by atoms with E-state index in [1.54, 1.807) is 0 Å². The van der Waals surface area contributed by atoms with Gasteiger partial charge in [0.2, 0.25) is 0 Å². The summed E-state index contributed by atoms with van der Waals surface area (Å²) < 4.78 is 1.16. The van der Waals surface area contributed by atoms with Gasteiger partial charge in [-0.2, -0.15) is 0 Å². The van der Waals surface area contributed by atoms with E-state index in [-0.39, 0.29) is 0 Å². The van der Waals surface area contributed by atoms with Crippen molar-refractivity contribution in [3.63, 3.8) is 0 Å². The van der Waals surface area contributed by atoms with E-state index in [1.807, 2.05) is 0 Å². The van der Waals surface area contributed by atoms with Crippen molar-refractivity contribution in [2.75, 3.05) is 19.6 Å². The van der Waals surface area contributed by atoms with E-state index in [2.05, 4.69) is 52.0 Å². The number of benzene rings is 1. The fraction of sp³-hybridized carbons (Fsp3) is 0.714. The van der Waals surface area contributed by atoms with Crippen molar-refractivity contribution in [3.8, 4) is 0 Å². The van der Waals surface area contributed by atoms with Gasteiger partial charge in [-0.15, -0.1) is 0 Å². The summed E-state index contributed by atoms with van der Waals surface area (Å²) in [5.41, 5.74) is 2.99. The van der Waals surface area contributed by atoms with E-state index in [9.17, 15) is 0 Å². The normalized spacial score (nSPS) is 11.8. The molecule has 126 valence electrons. The Balaban J connectivity index is 2.43. The zero-order valence-corrected chi connectivity index (χ0v) is 15.5. The van der Waals surface area contributed by atoms with E-state index >= 15 is 0 Å². The van der Waals surface area contributed by atoms with E-state index in [0.717, 1.165) is 4.48 Å². The second-order valence-corrected chi connectivity index (χ2v) is 6.76. The smallest absolute Gasteiger partial charge is 0.135 e. The van der Waals surface area contributed by atoms with Crippen LogP contribution in [0.25, 0.3) is 0 Å². The molecule has 1 nitrogen and oxygen atoms in total. The monoisotopic (exact) mass is 304 g/mol. The molecule has 0 saturated heterocycles. The molecule has 0 amide bonds. The highest BCUT2D eigenvalue weighted by Crippen LogP contribution is 2.27. The Morgan fingerprint density at radius 2 is 1.27 bits per heavy atom. The van der Waals surface area contributed by atoms with Gasteiger partial charge in [0.25, 0.3) is 0 Å². The molecule has 0 radical (unpaired) electrons. The maximum absolute atomic E-state index is 2.35. The van der Waals surface area contributed by atoms with Crippen LogP contribution in [0, 0.1) is 6.92 Å². The van der Waals surface area contributed by atoms with Gasteiger partial charge in [0, 0.05) is 5.56 Å². The Morgan fingerprint density at radius 3 is 1.82 bits per heavy atom. The second kappa shape index (κ2) is 10.8. The molecule has 0 aliphatic carbocycles. The van der Waals surface area contributed by atoms with E-state index in [4.69, 9.17) is 0 Å². The van der Waals surface area contributed by atoms with Crippen LogP contribution in [-0.4, -0.2) is 19.6 Å². The van der Waals surface area contributed by atoms with Crippen LogP contribution in [0.4, 0.5) is 5.69 Å². The first-order chi connectivity index (χ1) is 10.7. The minimum absolute atomic E-state index is 1.16. The topological polar surface area (TPSA) is 0 Å². The predicted octanol–water partition coefficient (Wildman–Crippen LogP) is 6.48. The lowest BCUT2D eigenvalue weighted by molar-refractivity contribution is 0.290. The molecular weight excluding hydrogens is 266 g/mol. The van der Waals surface area contributed by atoms with E-state index < -0.39 is 0 Å². The molecule has 0 fully saturated rings. The molecular formula is C21H38N+. The SMILES string of the molecule is CCCCCCCCCC[N+](CC)(CC)c1ccccc1C. The highest BCUT2D eigenvalue weighted by Gasteiger charge is 2.27. The van der Waals surface area contributed by atoms with Gasteiger partial charge in [-0.25, -0.2) is 0 Å². The molecule has 0 atom stereocenters. The summed E-state index contributed by atoms with van der Waals surface area (Å²) in [7, 11) is 0. The Kier molecular flexibility index (Phi) is 9.47. The first-order valence-corrected chi connectivity index (χ1v) is 9.62. The fourth-order valence-electron chi connectivity index (χ4n) is 3.64. The lowest BCUT2D eigenvalue weighted by atomic mass is 10.1. The third kappa shape index (κ3) is 5.76. The van der Waals surface area contributed by atoms with Gasteiger partial charge < -0.3 is 0 Å². The number of rotatable bonds is 12. The highest BCUT2D eigenvalue weighted by atomic mass is 15.3. The second-order valence-electron chi connectivity index (χ2n) is 6.76. The summed E-state index contributed by atoms with van der Waals surface area (Å²) in [6.45, 7) is 13.0. The maximum atomic E-state index is 2.35. The van der Waals surface area contributed by atoms with Crippen molar-refractivity contribution in [3.05, 3.63) is 29.8 Å². The number of hydrogen-bond donors (Lipinski definition) is 0. The Hall–Kier alpha value is -0.820. The molecule has 0 aliphatic rings. The van der Waals surface area contributed by atoms with Crippen molar-refractivity contribution in [2.24, 2.45) is 0 Å². The third-order valence-electron chi connectivity index (χ3n) is 5.28. The maximum Gasteiger partial charge on any atom is 0.135 e. The number of unbranched alkanes of at least 4 members (excludes halogenated alkanes) is 7. The summed E-state index contributed by atoms with van der Waals surface area (Å²) in [6.07, 6.45) is 11.3. The Labute approximate surface area is 139 Å². The average Bonchev–Trinajstić information content (AvgIpc) is 2.55. The summed E-state index contributed by atoms with van der Waals surface area (Å²) in [5.74, 6) is 0. The lowest BCUT2D eigenvalue weighted by Gasteiger charge is -2.37. The van der Waals surface area contributed by atoms with Gasteiger partial charge in [0.1, 0.15) is 5.69 Å². The number of para-hydroxylation sites is 1. The first kappa shape index (κ1) is 19.2. The fourth-order valence-corrected chi connectivity index (χ4v) is 3.64. The van der Waals surface area contributed by atoms with Crippen LogP contribution in [0.15, 0.2) is 24.3 Å². The van der Waals surface area contributed by atoms with Crippen molar-refractivity contribution < 1.29 is 0 Å². The molecule has 1 aromatic carbocycles.